The number of benzene rings is 1. The van der Waals surface area contributed by atoms with Gasteiger partial charge in [0, 0.05) is 30.7 Å². The van der Waals surface area contributed by atoms with Crippen LogP contribution >= 0.6 is 15.9 Å². The maximum absolute atomic E-state index is 5.82. The summed E-state index contributed by atoms with van der Waals surface area (Å²) in [6, 6.07) is 8.01. The molecule has 0 heterocycles. The zero-order chi connectivity index (χ0) is 15.0. The number of rotatable bonds is 9. The van der Waals surface area contributed by atoms with Crippen LogP contribution < -0.4 is 4.74 Å². The molecule has 0 radical (unpaired) electrons. The van der Waals surface area contributed by atoms with Crippen molar-refractivity contribution in [2.75, 3.05) is 46.9 Å². The van der Waals surface area contributed by atoms with Crippen LogP contribution in [0.25, 0.3) is 0 Å². The average molecular weight is 343 g/mol. The highest BCUT2D eigenvalue weighted by Crippen LogP contribution is 2.17. The molecule has 0 bridgehead atoms. The van der Waals surface area contributed by atoms with Gasteiger partial charge in [-0.1, -0.05) is 35.8 Å². The van der Waals surface area contributed by atoms with E-state index in [-0.39, 0.29) is 0 Å². The molecule has 0 aliphatic heterocycles. The van der Waals surface area contributed by atoms with Gasteiger partial charge in [-0.05, 0) is 38.2 Å². The Morgan fingerprint density at radius 2 is 1.90 bits per heavy atom. The molecule has 0 aliphatic carbocycles. The number of nitrogens with zero attached hydrogens (tertiary/aromatic N) is 2. The van der Waals surface area contributed by atoms with Crippen molar-refractivity contribution in [3.05, 3.63) is 28.7 Å². The van der Waals surface area contributed by atoms with E-state index in [1.54, 1.807) is 0 Å². The van der Waals surface area contributed by atoms with Crippen LogP contribution in [0, 0.1) is 5.92 Å². The second-order valence-electron chi connectivity index (χ2n) is 5.80. The van der Waals surface area contributed by atoms with Crippen molar-refractivity contribution in [3.8, 4) is 5.75 Å². The summed E-state index contributed by atoms with van der Waals surface area (Å²) in [7, 11) is 4.23. The summed E-state index contributed by atoms with van der Waals surface area (Å²) in [5.41, 5.74) is 0. The first-order valence-corrected chi connectivity index (χ1v) is 8.02. The summed E-state index contributed by atoms with van der Waals surface area (Å²) in [5.74, 6) is 1.61. The van der Waals surface area contributed by atoms with Crippen LogP contribution in [0.2, 0.25) is 0 Å². The third kappa shape index (κ3) is 7.88. The van der Waals surface area contributed by atoms with Crippen LogP contribution in [0.1, 0.15) is 13.8 Å². The molecule has 20 heavy (non-hydrogen) atoms. The lowest BCUT2D eigenvalue weighted by atomic mass is 10.2. The maximum Gasteiger partial charge on any atom is 0.120 e. The van der Waals surface area contributed by atoms with E-state index < -0.39 is 0 Å². The Labute approximate surface area is 132 Å². The normalized spacial score (nSPS) is 11.6. The first kappa shape index (κ1) is 17.5. The standard InChI is InChI=1S/C16H27BrN2O/c1-14(2)13-19(9-8-18(3)4)10-11-20-16-7-5-6-15(17)12-16/h5-7,12,14H,8-11,13H2,1-4H3. The van der Waals surface area contributed by atoms with Gasteiger partial charge in [0.25, 0.3) is 0 Å². The Kier molecular flexibility index (Phi) is 8.19. The molecule has 0 amide bonds. The summed E-state index contributed by atoms with van der Waals surface area (Å²) in [6.45, 7) is 9.52. The Balaban J connectivity index is 2.37. The molecule has 3 nitrogen and oxygen atoms in total. The van der Waals surface area contributed by atoms with Gasteiger partial charge in [-0.3, -0.25) is 4.90 Å². The molecular formula is C16H27BrN2O. The molecule has 0 saturated heterocycles. The van der Waals surface area contributed by atoms with E-state index in [1.165, 1.54) is 0 Å². The Bertz CT molecular complexity index is 382. The zero-order valence-corrected chi connectivity index (χ0v) is 14.7. The fourth-order valence-corrected chi connectivity index (χ4v) is 2.38. The van der Waals surface area contributed by atoms with Gasteiger partial charge < -0.3 is 9.64 Å². The van der Waals surface area contributed by atoms with E-state index in [0.717, 1.165) is 43.0 Å². The number of hydrogen-bond acceptors (Lipinski definition) is 3. The Morgan fingerprint density at radius 1 is 1.15 bits per heavy atom. The Hall–Kier alpha value is -0.580. The quantitative estimate of drug-likeness (QED) is 0.684. The number of ether oxygens (including phenoxy) is 1. The van der Waals surface area contributed by atoms with Crippen LogP contribution in [0.4, 0.5) is 0 Å². The third-order valence-corrected chi connectivity index (χ3v) is 3.45. The van der Waals surface area contributed by atoms with Crippen molar-refractivity contribution in [2.24, 2.45) is 5.92 Å². The van der Waals surface area contributed by atoms with E-state index in [4.69, 9.17) is 4.74 Å². The number of hydrogen-bond donors (Lipinski definition) is 0. The van der Waals surface area contributed by atoms with Crippen molar-refractivity contribution in [1.29, 1.82) is 0 Å². The van der Waals surface area contributed by atoms with Crippen molar-refractivity contribution in [3.63, 3.8) is 0 Å². The summed E-state index contributed by atoms with van der Waals surface area (Å²) in [4.78, 5) is 4.70. The predicted molar refractivity (Wildman–Crippen MR) is 89.5 cm³/mol. The molecule has 1 rings (SSSR count). The fraction of sp³-hybridized carbons (Fsp3) is 0.625. The molecule has 0 saturated carbocycles. The lowest BCUT2D eigenvalue weighted by molar-refractivity contribution is 0.179. The lowest BCUT2D eigenvalue weighted by Crippen LogP contribution is -2.37. The molecule has 0 atom stereocenters. The van der Waals surface area contributed by atoms with Gasteiger partial charge in [0.1, 0.15) is 12.4 Å². The second kappa shape index (κ2) is 9.37. The number of likely N-dealkylation sites (N-methyl/N-ethyl adjacent to an activating group) is 1. The molecule has 0 spiro atoms. The fourth-order valence-electron chi connectivity index (χ4n) is 2.00. The lowest BCUT2D eigenvalue weighted by Gasteiger charge is -2.25. The largest absolute Gasteiger partial charge is 0.492 e. The molecule has 0 N–H and O–H groups in total. The van der Waals surface area contributed by atoms with E-state index >= 15 is 0 Å². The molecule has 0 aliphatic rings. The summed E-state index contributed by atoms with van der Waals surface area (Å²) < 4.78 is 6.88. The molecule has 4 heteroatoms. The highest BCUT2D eigenvalue weighted by molar-refractivity contribution is 9.10. The minimum Gasteiger partial charge on any atom is -0.492 e. The monoisotopic (exact) mass is 342 g/mol. The second-order valence-corrected chi connectivity index (χ2v) is 6.72. The van der Waals surface area contributed by atoms with Gasteiger partial charge in [0.05, 0.1) is 0 Å². The third-order valence-electron chi connectivity index (χ3n) is 2.96. The molecule has 114 valence electrons. The van der Waals surface area contributed by atoms with Crippen LogP contribution in [0.15, 0.2) is 28.7 Å². The van der Waals surface area contributed by atoms with Crippen LogP contribution in [0.3, 0.4) is 0 Å². The molecular weight excluding hydrogens is 316 g/mol. The minimum atomic E-state index is 0.683. The van der Waals surface area contributed by atoms with E-state index in [9.17, 15) is 0 Å². The van der Waals surface area contributed by atoms with Crippen LogP contribution in [0.5, 0.6) is 5.75 Å². The topological polar surface area (TPSA) is 15.7 Å². The van der Waals surface area contributed by atoms with E-state index in [2.05, 4.69) is 53.7 Å². The zero-order valence-electron chi connectivity index (χ0n) is 13.1. The number of halogens is 1. The Morgan fingerprint density at radius 3 is 2.50 bits per heavy atom. The van der Waals surface area contributed by atoms with E-state index in [1.807, 2.05) is 24.3 Å². The van der Waals surface area contributed by atoms with Crippen molar-refractivity contribution < 1.29 is 4.74 Å². The summed E-state index contributed by atoms with van der Waals surface area (Å²) in [6.07, 6.45) is 0. The molecule has 0 aromatic heterocycles. The summed E-state index contributed by atoms with van der Waals surface area (Å²) in [5, 5.41) is 0. The highest BCUT2D eigenvalue weighted by Gasteiger charge is 2.08. The minimum absolute atomic E-state index is 0.683. The summed E-state index contributed by atoms with van der Waals surface area (Å²) >= 11 is 3.46. The molecule has 0 unspecified atom stereocenters. The first-order chi connectivity index (χ1) is 9.47. The van der Waals surface area contributed by atoms with E-state index in [0.29, 0.717) is 5.92 Å². The van der Waals surface area contributed by atoms with Gasteiger partial charge in [0.2, 0.25) is 0 Å². The van der Waals surface area contributed by atoms with Gasteiger partial charge in [-0.2, -0.15) is 0 Å². The maximum atomic E-state index is 5.82. The van der Waals surface area contributed by atoms with Gasteiger partial charge >= 0.3 is 0 Å². The molecule has 1 aromatic carbocycles. The molecule has 1 aromatic rings. The smallest absolute Gasteiger partial charge is 0.120 e. The van der Waals surface area contributed by atoms with Gasteiger partial charge in [-0.25, -0.2) is 0 Å². The van der Waals surface area contributed by atoms with Gasteiger partial charge in [0.15, 0.2) is 0 Å². The van der Waals surface area contributed by atoms with Crippen molar-refractivity contribution in [1.82, 2.24) is 9.80 Å². The van der Waals surface area contributed by atoms with Crippen molar-refractivity contribution >= 4 is 15.9 Å². The molecule has 0 fully saturated rings. The van der Waals surface area contributed by atoms with Gasteiger partial charge in [-0.15, -0.1) is 0 Å². The predicted octanol–water partition coefficient (Wildman–Crippen LogP) is 3.35. The SMILES string of the molecule is CC(C)CN(CCOc1cccc(Br)c1)CCN(C)C. The average Bonchev–Trinajstić information content (AvgIpc) is 2.35. The van der Waals surface area contributed by atoms with Crippen molar-refractivity contribution in [2.45, 2.75) is 13.8 Å². The van der Waals surface area contributed by atoms with Crippen LogP contribution in [-0.4, -0.2) is 56.7 Å². The first-order valence-electron chi connectivity index (χ1n) is 7.23. The highest BCUT2D eigenvalue weighted by atomic mass is 79.9. The van der Waals surface area contributed by atoms with Crippen LogP contribution in [-0.2, 0) is 0 Å².